The Morgan fingerprint density at radius 2 is 2.13 bits per heavy atom. The smallest absolute Gasteiger partial charge is 0.247 e. The average Bonchev–Trinajstić information content (AvgIpc) is 3.33. The van der Waals surface area contributed by atoms with Crippen LogP contribution >= 0.6 is 11.3 Å². The zero-order valence-corrected chi connectivity index (χ0v) is 18.8. The second-order valence-corrected chi connectivity index (χ2v) is 10.7. The van der Waals surface area contributed by atoms with Crippen LogP contribution in [0.5, 0.6) is 0 Å². The van der Waals surface area contributed by atoms with E-state index in [0.717, 1.165) is 33.2 Å². The molecule has 0 bridgehead atoms. The lowest BCUT2D eigenvalue weighted by Crippen LogP contribution is -2.47. The first-order valence-corrected chi connectivity index (χ1v) is 12.5. The second kappa shape index (κ2) is 8.05. The van der Waals surface area contributed by atoms with Gasteiger partial charge in [0.15, 0.2) is 5.13 Å². The van der Waals surface area contributed by atoms with Crippen molar-refractivity contribution < 1.29 is 13.2 Å². The Morgan fingerprint density at radius 3 is 2.83 bits per heavy atom. The first-order chi connectivity index (χ1) is 14.2. The largest absolute Gasteiger partial charge is 0.282 e. The van der Waals surface area contributed by atoms with E-state index >= 15 is 0 Å². The number of amides is 1. The number of hydrogen-bond donors (Lipinski definition) is 0. The van der Waals surface area contributed by atoms with E-state index in [-0.39, 0.29) is 5.91 Å². The molecule has 0 spiro atoms. The van der Waals surface area contributed by atoms with E-state index in [0.29, 0.717) is 31.1 Å². The van der Waals surface area contributed by atoms with E-state index in [2.05, 4.69) is 17.1 Å². The Morgan fingerprint density at radius 1 is 1.33 bits per heavy atom. The maximum Gasteiger partial charge on any atom is 0.247 e. The number of carbonyl (C=O) groups excluding carboxylic acids is 1. The van der Waals surface area contributed by atoms with Gasteiger partial charge in [-0.3, -0.25) is 14.7 Å². The van der Waals surface area contributed by atoms with Crippen molar-refractivity contribution in [3.05, 3.63) is 53.3 Å². The molecule has 1 amide bonds. The normalized spacial score (nSPS) is 17.5. The second-order valence-electron chi connectivity index (χ2n) is 7.74. The van der Waals surface area contributed by atoms with Crippen molar-refractivity contribution in [1.82, 2.24) is 14.3 Å². The fourth-order valence-corrected chi connectivity index (χ4v) is 6.22. The third-order valence-corrected chi connectivity index (χ3v) is 7.61. The zero-order valence-electron chi connectivity index (χ0n) is 17.2. The minimum atomic E-state index is -3.47. The molecule has 3 aromatic rings. The summed E-state index contributed by atoms with van der Waals surface area (Å²) in [5, 5.41) is 0.577. The molecule has 2 aromatic heterocycles. The van der Waals surface area contributed by atoms with Gasteiger partial charge >= 0.3 is 0 Å². The highest BCUT2D eigenvalue weighted by Crippen LogP contribution is 2.34. The van der Waals surface area contributed by atoms with Crippen molar-refractivity contribution in [2.24, 2.45) is 0 Å². The van der Waals surface area contributed by atoms with Crippen LogP contribution in [0, 0.1) is 13.8 Å². The summed E-state index contributed by atoms with van der Waals surface area (Å²) in [6.45, 7) is 4.70. The number of sulfonamides is 1. The van der Waals surface area contributed by atoms with Crippen LogP contribution in [0.3, 0.4) is 0 Å². The van der Waals surface area contributed by atoms with Crippen LogP contribution in [0.25, 0.3) is 10.2 Å². The number of aromatic nitrogens is 2. The molecule has 7 nitrogen and oxygen atoms in total. The molecule has 4 rings (SSSR count). The van der Waals surface area contributed by atoms with E-state index in [1.807, 2.05) is 26.0 Å². The van der Waals surface area contributed by atoms with Gasteiger partial charge in [-0.1, -0.05) is 23.5 Å². The van der Waals surface area contributed by atoms with Crippen molar-refractivity contribution in [2.45, 2.75) is 39.3 Å². The predicted molar refractivity (Wildman–Crippen MR) is 119 cm³/mol. The SMILES string of the molecule is Cc1cc(C)c2nc(N(Cc3cccnc3)C(=O)C3CCCN3S(C)(=O)=O)sc2c1. The molecule has 0 N–H and O–H groups in total. The lowest BCUT2D eigenvalue weighted by Gasteiger charge is -2.27. The minimum absolute atomic E-state index is 0.241. The van der Waals surface area contributed by atoms with Gasteiger partial charge in [-0.15, -0.1) is 0 Å². The highest BCUT2D eigenvalue weighted by atomic mass is 32.2. The summed E-state index contributed by atoms with van der Waals surface area (Å²) in [4.78, 5) is 24.1. The number of benzene rings is 1. The number of aryl methyl sites for hydroxylation is 2. The van der Waals surface area contributed by atoms with Gasteiger partial charge in [-0.05, 0) is 55.5 Å². The summed E-state index contributed by atoms with van der Waals surface area (Å²) >= 11 is 1.45. The van der Waals surface area contributed by atoms with Gasteiger partial charge in [0.05, 0.1) is 23.0 Å². The van der Waals surface area contributed by atoms with Crippen molar-refractivity contribution in [3.63, 3.8) is 0 Å². The number of carbonyl (C=O) groups is 1. The van der Waals surface area contributed by atoms with E-state index in [1.165, 1.54) is 15.6 Å². The standard InChI is InChI=1S/C21H24N4O3S2/c1-14-10-15(2)19-18(11-14)29-21(23-19)24(13-16-6-4-8-22-12-16)20(26)17-7-5-9-25(17)30(3,27)28/h4,6,8,10-12,17H,5,7,9,13H2,1-3H3. The molecule has 1 saturated heterocycles. The maximum atomic E-state index is 13.6. The third kappa shape index (κ3) is 4.10. The Kier molecular flexibility index (Phi) is 5.61. The summed E-state index contributed by atoms with van der Waals surface area (Å²) in [5.74, 6) is -0.241. The van der Waals surface area contributed by atoms with Crippen LogP contribution in [0.15, 0.2) is 36.7 Å². The monoisotopic (exact) mass is 444 g/mol. The van der Waals surface area contributed by atoms with Crippen LogP contribution < -0.4 is 4.90 Å². The van der Waals surface area contributed by atoms with Gasteiger partial charge in [0.1, 0.15) is 6.04 Å². The molecule has 30 heavy (non-hydrogen) atoms. The first kappa shape index (κ1) is 20.9. The van der Waals surface area contributed by atoms with E-state index in [4.69, 9.17) is 4.98 Å². The fraction of sp³-hybridized carbons (Fsp3) is 0.381. The van der Waals surface area contributed by atoms with Gasteiger partial charge in [-0.2, -0.15) is 4.31 Å². The van der Waals surface area contributed by atoms with Gasteiger partial charge in [0.25, 0.3) is 0 Å². The van der Waals surface area contributed by atoms with Crippen molar-refractivity contribution in [2.75, 3.05) is 17.7 Å². The molecule has 9 heteroatoms. The molecule has 1 aliphatic heterocycles. The molecule has 1 fully saturated rings. The van der Waals surface area contributed by atoms with E-state index in [9.17, 15) is 13.2 Å². The Balaban J connectivity index is 1.77. The average molecular weight is 445 g/mol. The molecule has 1 atom stereocenters. The quantitative estimate of drug-likeness (QED) is 0.603. The number of rotatable bonds is 5. The minimum Gasteiger partial charge on any atom is -0.282 e. The first-order valence-electron chi connectivity index (χ1n) is 9.79. The van der Waals surface area contributed by atoms with Crippen LogP contribution in [0.1, 0.15) is 29.5 Å². The summed E-state index contributed by atoms with van der Waals surface area (Å²) in [6.07, 6.45) is 5.74. The molecule has 1 aromatic carbocycles. The maximum absolute atomic E-state index is 13.6. The van der Waals surface area contributed by atoms with E-state index < -0.39 is 16.1 Å². The van der Waals surface area contributed by atoms with Crippen LogP contribution in [0.4, 0.5) is 5.13 Å². The molecule has 158 valence electrons. The molecular formula is C21H24N4O3S2. The third-order valence-electron chi connectivity index (χ3n) is 5.29. The Labute approximate surface area is 180 Å². The number of nitrogens with zero attached hydrogens (tertiary/aromatic N) is 4. The van der Waals surface area contributed by atoms with Crippen LogP contribution in [-0.4, -0.2) is 47.4 Å². The van der Waals surface area contributed by atoms with Gasteiger partial charge in [0.2, 0.25) is 15.9 Å². The summed E-state index contributed by atoms with van der Waals surface area (Å²) in [5.41, 5.74) is 3.93. The number of fused-ring (bicyclic) bond motifs is 1. The summed E-state index contributed by atoms with van der Waals surface area (Å²) in [6, 6.07) is 7.16. The Bertz CT molecular complexity index is 1190. The van der Waals surface area contributed by atoms with Crippen LogP contribution in [0.2, 0.25) is 0 Å². The van der Waals surface area contributed by atoms with Crippen molar-refractivity contribution >= 4 is 42.6 Å². The lowest BCUT2D eigenvalue weighted by atomic mass is 10.1. The molecule has 0 aliphatic carbocycles. The number of pyridine rings is 1. The fourth-order valence-electron chi connectivity index (χ4n) is 3.95. The van der Waals surface area contributed by atoms with Crippen molar-refractivity contribution in [1.29, 1.82) is 0 Å². The summed E-state index contributed by atoms with van der Waals surface area (Å²) < 4.78 is 26.8. The predicted octanol–water partition coefficient (Wildman–Crippen LogP) is 3.27. The summed E-state index contributed by atoms with van der Waals surface area (Å²) in [7, 11) is -3.47. The van der Waals surface area contributed by atoms with E-state index in [1.54, 1.807) is 17.3 Å². The highest BCUT2D eigenvalue weighted by molar-refractivity contribution is 7.88. The van der Waals surface area contributed by atoms with Gasteiger partial charge in [0, 0.05) is 18.9 Å². The molecule has 0 radical (unpaired) electrons. The molecular weight excluding hydrogens is 420 g/mol. The topological polar surface area (TPSA) is 83.5 Å². The molecule has 3 heterocycles. The number of thiazole rings is 1. The Hall–Kier alpha value is -2.36. The van der Waals surface area contributed by atoms with Gasteiger partial charge < -0.3 is 0 Å². The van der Waals surface area contributed by atoms with Gasteiger partial charge in [-0.25, -0.2) is 13.4 Å². The molecule has 1 unspecified atom stereocenters. The zero-order chi connectivity index (χ0) is 21.5. The van der Waals surface area contributed by atoms with Crippen molar-refractivity contribution in [3.8, 4) is 0 Å². The number of hydrogen-bond acceptors (Lipinski definition) is 6. The highest BCUT2D eigenvalue weighted by Gasteiger charge is 2.39. The lowest BCUT2D eigenvalue weighted by molar-refractivity contribution is -0.121. The number of anilines is 1. The molecule has 1 aliphatic rings. The molecule has 0 saturated carbocycles. The van der Waals surface area contributed by atoms with Crippen LogP contribution in [-0.2, 0) is 21.4 Å².